The first kappa shape index (κ1) is 15.6. The topological polar surface area (TPSA) is 21.3 Å². The average molecular weight is 402 g/mol. The van der Waals surface area contributed by atoms with E-state index in [1.165, 1.54) is 0 Å². The number of rotatable bonds is 5. The molecule has 0 spiro atoms. The van der Waals surface area contributed by atoms with E-state index in [9.17, 15) is 0 Å². The van der Waals surface area contributed by atoms with Crippen molar-refractivity contribution in [3.8, 4) is 11.5 Å². The molecule has 0 aliphatic carbocycles. The molecule has 0 radical (unpaired) electrons. The monoisotopic (exact) mass is 401 g/mol. The van der Waals surface area contributed by atoms with Crippen LogP contribution in [0.15, 0.2) is 42.5 Å². The standard InChI is InChI=1S/C16H17ClINO/c1-11(2)19-10-12-7-8-13(9-14(12)17)20-16-6-4-3-5-15(16)18/h3-9,11,19H,10H2,1-2H3. The van der Waals surface area contributed by atoms with Gasteiger partial charge < -0.3 is 10.1 Å². The SMILES string of the molecule is CC(C)NCc1ccc(Oc2ccccc2I)cc1Cl. The summed E-state index contributed by atoms with van der Waals surface area (Å²) in [5.41, 5.74) is 1.08. The van der Waals surface area contributed by atoms with Gasteiger partial charge in [0.05, 0.1) is 3.57 Å². The molecule has 0 aliphatic heterocycles. The lowest BCUT2D eigenvalue weighted by atomic mass is 10.2. The van der Waals surface area contributed by atoms with Crippen LogP contribution in [0.2, 0.25) is 5.02 Å². The van der Waals surface area contributed by atoms with Crippen LogP contribution in [0.25, 0.3) is 0 Å². The van der Waals surface area contributed by atoms with Crippen LogP contribution >= 0.6 is 34.2 Å². The molecular weight excluding hydrogens is 385 g/mol. The molecule has 2 nitrogen and oxygen atoms in total. The molecule has 0 aliphatic rings. The number of hydrogen-bond acceptors (Lipinski definition) is 2. The van der Waals surface area contributed by atoms with Gasteiger partial charge in [-0.25, -0.2) is 0 Å². The lowest BCUT2D eigenvalue weighted by Crippen LogP contribution is -2.21. The zero-order valence-corrected chi connectivity index (χ0v) is 14.4. The Morgan fingerprint density at radius 2 is 1.95 bits per heavy atom. The zero-order valence-electron chi connectivity index (χ0n) is 11.5. The van der Waals surface area contributed by atoms with Crippen molar-refractivity contribution in [3.63, 3.8) is 0 Å². The second kappa shape index (κ2) is 7.29. The third kappa shape index (κ3) is 4.36. The van der Waals surface area contributed by atoms with Crippen molar-refractivity contribution in [2.75, 3.05) is 0 Å². The molecule has 0 saturated heterocycles. The fourth-order valence-electron chi connectivity index (χ4n) is 1.70. The van der Waals surface area contributed by atoms with Crippen LogP contribution in [-0.2, 0) is 6.54 Å². The first-order valence-electron chi connectivity index (χ1n) is 6.50. The number of halogens is 2. The third-order valence-electron chi connectivity index (χ3n) is 2.79. The highest BCUT2D eigenvalue weighted by Gasteiger charge is 2.06. The van der Waals surface area contributed by atoms with Gasteiger partial charge in [-0.1, -0.05) is 43.6 Å². The summed E-state index contributed by atoms with van der Waals surface area (Å²) in [7, 11) is 0. The minimum Gasteiger partial charge on any atom is -0.456 e. The van der Waals surface area contributed by atoms with E-state index in [1.54, 1.807) is 0 Å². The summed E-state index contributed by atoms with van der Waals surface area (Å²) < 4.78 is 6.93. The van der Waals surface area contributed by atoms with Gasteiger partial charge in [0.15, 0.2) is 0 Å². The predicted molar refractivity (Wildman–Crippen MR) is 92.7 cm³/mol. The lowest BCUT2D eigenvalue weighted by molar-refractivity contribution is 0.479. The highest BCUT2D eigenvalue weighted by molar-refractivity contribution is 14.1. The molecule has 0 saturated carbocycles. The molecule has 0 unspecified atom stereocenters. The largest absolute Gasteiger partial charge is 0.456 e. The highest BCUT2D eigenvalue weighted by atomic mass is 127. The van der Waals surface area contributed by atoms with Gasteiger partial charge >= 0.3 is 0 Å². The number of nitrogens with one attached hydrogen (secondary N) is 1. The van der Waals surface area contributed by atoms with E-state index in [4.69, 9.17) is 16.3 Å². The number of hydrogen-bond donors (Lipinski definition) is 1. The summed E-state index contributed by atoms with van der Waals surface area (Å²) >= 11 is 8.55. The molecule has 0 atom stereocenters. The summed E-state index contributed by atoms with van der Waals surface area (Å²) in [6, 6.07) is 14.2. The van der Waals surface area contributed by atoms with Gasteiger partial charge in [-0.2, -0.15) is 0 Å². The molecule has 0 bridgehead atoms. The van der Waals surface area contributed by atoms with Crippen molar-refractivity contribution in [1.29, 1.82) is 0 Å². The normalized spacial score (nSPS) is 10.8. The summed E-state index contributed by atoms with van der Waals surface area (Å²) in [5.74, 6) is 1.60. The Hall–Kier alpha value is -0.780. The van der Waals surface area contributed by atoms with Crippen molar-refractivity contribution in [2.45, 2.75) is 26.4 Å². The molecule has 0 fully saturated rings. The maximum atomic E-state index is 6.30. The van der Waals surface area contributed by atoms with Crippen LogP contribution in [0.1, 0.15) is 19.4 Å². The Kier molecular flexibility index (Phi) is 5.69. The second-order valence-corrected chi connectivity index (χ2v) is 6.39. The number of ether oxygens (including phenoxy) is 1. The van der Waals surface area contributed by atoms with E-state index in [0.717, 1.165) is 32.2 Å². The van der Waals surface area contributed by atoms with Crippen LogP contribution in [0.5, 0.6) is 11.5 Å². The van der Waals surface area contributed by atoms with Crippen molar-refractivity contribution >= 4 is 34.2 Å². The van der Waals surface area contributed by atoms with E-state index in [-0.39, 0.29) is 0 Å². The summed E-state index contributed by atoms with van der Waals surface area (Å²) in [6.07, 6.45) is 0. The molecular formula is C16H17ClINO. The van der Waals surface area contributed by atoms with Gasteiger partial charge in [-0.3, -0.25) is 0 Å². The van der Waals surface area contributed by atoms with E-state index in [0.29, 0.717) is 6.04 Å². The Morgan fingerprint density at radius 3 is 2.60 bits per heavy atom. The minimum atomic E-state index is 0.438. The molecule has 0 heterocycles. The molecule has 2 aromatic carbocycles. The van der Waals surface area contributed by atoms with E-state index >= 15 is 0 Å². The summed E-state index contributed by atoms with van der Waals surface area (Å²) in [5, 5.41) is 4.08. The second-order valence-electron chi connectivity index (χ2n) is 4.82. The molecule has 0 aromatic heterocycles. The van der Waals surface area contributed by atoms with Gasteiger partial charge in [0.2, 0.25) is 0 Å². The van der Waals surface area contributed by atoms with E-state index in [1.807, 2.05) is 42.5 Å². The minimum absolute atomic E-state index is 0.438. The molecule has 4 heteroatoms. The zero-order chi connectivity index (χ0) is 14.5. The van der Waals surface area contributed by atoms with E-state index < -0.39 is 0 Å². The van der Waals surface area contributed by atoms with Crippen LogP contribution in [0, 0.1) is 3.57 Å². The summed E-state index contributed by atoms with van der Waals surface area (Å²) in [6.45, 7) is 4.99. The average Bonchev–Trinajstić information content (AvgIpc) is 2.40. The molecule has 106 valence electrons. The van der Waals surface area contributed by atoms with Gasteiger partial charge in [0.1, 0.15) is 11.5 Å². The Balaban J connectivity index is 2.11. The smallest absolute Gasteiger partial charge is 0.140 e. The van der Waals surface area contributed by atoms with Gasteiger partial charge in [0.25, 0.3) is 0 Å². The van der Waals surface area contributed by atoms with Gasteiger partial charge in [-0.15, -0.1) is 0 Å². The molecule has 2 rings (SSSR count). The fourth-order valence-corrected chi connectivity index (χ4v) is 2.44. The number of benzene rings is 2. The predicted octanol–water partition coefficient (Wildman–Crippen LogP) is 5.23. The molecule has 0 amide bonds. The molecule has 20 heavy (non-hydrogen) atoms. The van der Waals surface area contributed by atoms with Crippen molar-refractivity contribution < 1.29 is 4.74 Å². The third-order valence-corrected chi connectivity index (χ3v) is 4.03. The molecule has 1 N–H and O–H groups in total. The Morgan fingerprint density at radius 1 is 1.20 bits per heavy atom. The fraction of sp³-hybridized carbons (Fsp3) is 0.250. The van der Waals surface area contributed by atoms with Crippen LogP contribution < -0.4 is 10.1 Å². The maximum Gasteiger partial charge on any atom is 0.140 e. The van der Waals surface area contributed by atoms with E-state index in [2.05, 4.69) is 41.8 Å². The Labute approximate surface area is 138 Å². The first-order valence-corrected chi connectivity index (χ1v) is 7.96. The van der Waals surface area contributed by atoms with Crippen LogP contribution in [0.3, 0.4) is 0 Å². The Bertz CT molecular complexity index is 586. The van der Waals surface area contributed by atoms with Gasteiger partial charge in [0, 0.05) is 17.6 Å². The lowest BCUT2D eigenvalue weighted by Gasteiger charge is -2.12. The van der Waals surface area contributed by atoms with Crippen LogP contribution in [0.4, 0.5) is 0 Å². The van der Waals surface area contributed by atoms with Gasteiger partial charge in [-0.05, 0) is 52.4 Å². The highest BCUT2D eigenvalue weighted by Crippen LogP contribution is 2.29. The van der Waals surface area contributed by atoms with Crippen LogP contribution in [-0.4, -0.2) is 6.04 Å². The first-order chi connectivity index (χ1) is 9.56. The molecule has 2 aromatic rings. The quantitative estimate of drug-likeness (QED) is 0.692. The number of para-hydroxylation sites is 1. The van der Waals surface area contributed by atoms with Crippen molar-refractivity contribution in [3.05, 3.63) is 56.6 Å². The summed E-state index contributed by atoms with van der Waals surface area (Å²) in [4.78, 5) is 0. The van der Waals surface area contributed by atoms with Crippen molar-refractivity contribution in [1.82, 2.24) is 5.32 Å². The maximum absolute atomic E-state index is 6.30. The van der Waals surface area contributed by atoms with Crippen molar-refractivity contribution in [2.24, 2.45) is 0 Å².